The molecule has 0 spiro atoms. The van der Waals surface area contributed by atoms with Crippen molar-refractivity contribution in [3.05, 3.63) is 47.8 Å². The Morgan fingerprint density at radius 2 is 1.97 bits per heavy atom. The van der Waals surface area contributed by atoms with E-state index in [0.717, 1.165) is 47.7 Å². The third kappa shape index (κ3) is 4.81. The van der Waals surface area contributed by atoms with E-state index in [0.29, 0.717) is 23.5 Å². The van der Waals surface area contributed by atoms with Gasteiger partial charge in [-0.2, -0.15) is 0 Å². The molecule has 2 aromatic rings. The summed E-state index contributed by atoms with van der Waals surface area (Å²) in [5.41, 5.74) is 3.65. The van der Waals surface area contributed by atoms with Gasteiger partial charge in [-0.15, -0.1) is 5.10 Å². The highest BCUT2D eigenvalue weighted by molar-refractivity contribution is 6.22. The fraction of sp³-hybridized carbons (Fsp3) is 0.409. The number of piperazine rings is 1. The quantitative estimate of drug-likeness (QED) is 0.424. The Bertz CT molecular complexity index is 1060. The predicted octanol–water partition coefficient (Wildman–Crippen LogP) is -1.70. The molecule has 0 unspecified atom stereocenters. The molecule has 0 atom stereocenters. The van der Waals surface area contributed by atoms with Gasteiger partial charge in [0.25, 0.3) is 0 Å². The number of rotatable bonds is 5. The van der Waals surface area contributed by atoms with E-state index in [-0.39, 0.29) is 24.8 Å². The van der Waals surface area contributed by atoms with Crippen molar-refractivity contribution < 1.29 is 26.8 Å². The van der Waals surface area contributed by atoms with Crippen LogP contribution in [0.15, 0.2) is 52.8 Å². The molecule has 4 rings (SSSR count). The number of likely N-dealkylation sites (N-methyl/N-ethyl adjacent to an activating group) is 1. The third-order valence-corrected chi connectivity index (χ3v) is 5.70. The number of quaternary nitrogens is 1. The van der Waals surface area contributed by atoms with Crippen molar-refractivity contribution in [1.29, 1.82) is 0 Å². The summed E-state index contributed by atoms with van der Waals surface area (Å²) in [4.78, 5) is 19.5. The van der Waals surface area contributed by atoms with Gasteiger partial charge in [-0.05, 0) is 30.7 Å². The number of hydrogen-bond donors (Lipinski definition) is 2. The maximum atomic E-state index is 12.2. The molecule has 9 heteroatoms. The Hall–Kier alpha value is -2.68. The van der Waals surface area contributed by atoms with E-state index < -0.39 is 0 Å². The SMILES string of the molecule is CC1=C/C(=N\c2c(N3CC[N+](C)(C)CC3)nn3ccccc23)C(NCCO)=CC1=O.[Cl-]. The van der Waals surface area contributed by atoms with E-state index >= 15 is 0 Å². The van der Waals surface area contributed by atoms with Crippen LogP contribution in [-0.4, -0.2) is 84.1 Å². The van der Waals surface area contributed by atoms with Crippen LogP contribution in [0.25, 0.3) is 5.52 Å². The lowest BCUT2D eigenvalue weighted by Crippen LogP contribution is -3.00. The van der Waals surface area contributed by atoms with Gasteiger partial charge in [-0.25, -0.2) is 9.51 Å². The Labute approximate surface area is 188 Å². The number of anilines is 1. The molecular formula is C22H29ClN6O2. The molecule has 1 aliphatic carbocycles. The maximum absolute atomic E-state index is 12.2. The van der Waals surface area contributed by atoms with Crippen molar-refractivity contribution in [2.24, 2.45) is 4.99 Å². The summed E-state index contributed by atoms with van der Waals surface area (Å²) >= 11 is 0. The van der Waals surface area contributed by atoms with Crippen molar-refractivity contribution >= 4 is 28.5 Å². The molecule has 1 saturated heterocycles. The van der Waals surface area contributed by atoms with Crippen molar-refractivity contribution in [3.63, 3.8) is 0 Å². The van der Waals surface area contributed by atoms with Crippen LogP contribution in [0.5, 0.6) is 0 Å². The number of halogens is 1. The van der Waals surface area contributed by atoms with E-state index in [9.17, 15) is 9.90 Å². The number of fused-ring (bicyclic) bond motifs is 1. The van der Waals surface area contributed by atoms with E-state index in [1.54, 1.807) is 19.1 Å². The highest BCUT2D eigenvalue weighted by Gasteiger charge is 2.28. The second-order valence-electron chi connectivity index (χ2n) is 8.47. The smallest absolute Gasteiger partial charge is 0.183 e. The molecule has 3 heterocycles. The molecular weight excluding hydrogens is 416 g/mol. The monoisotopic (exact) mass is 444 g/mol. The normalized spacial score (nSPS) is 19.8. The van der Waals surface area contributed by atoms with Gasteiger partial charge >= 0.3 is 0 Å². The Morgan fingerprint density at radius 3 is 2.68 bits per heavy atom. The summed E-state index contributed by atoms with van der Waals surface area (Å²) < 4.78 is 2.86. The number of hydrogen-bond acceptors (Lipinski definition) is 6. The number of aliphatic hydroxyl groups excluding tert-OH is 1. The first-order chi connectivity index (χ1) is 14.4. The van der Waals surface area contributed by atoms with Crippen LogP contribution in [0.2, 0.25) is 0 Å². The lowest BCUT2D eigenvalue weighted by Gasteiger charge is -2.39. The van der Waals surface area contributed by atoms with Crippen LogP contribution in [0, 0.1) is 0 Å². The first kappa shape index (κ1) is 23.0. The fourth-order valence-electron chi connectivity index (χ4n) is 3.73. The standard InChI is InChI=1S/C22H28N6O2.ClH/c1-16-14-18(17(15-20(16)30)23-7-13-29)24-21-19-6-4-5-8-27(19)25-22(21)26-9-11-28(2,3)12-10-26;/h4-6,8,14-15,29H,7,9-13H2,1-3H3;1H/b24-18+;. The van der Waals surface area contributed by atoms with Crippen LogP contribution >= 0.6 is 0 Å². The maximum Gasteiger partial charge on any atom is 0.183 e. The van der Waals surface area contributed by atoms with Gasteiger partial charge in [0, 0.05) is 18.8 Å². The first-order valence-corrected chi connectivity index (χ1v) is 10.3. The van der Waals surface area contributed by atoms with Crippen molar-refractivity contribution in [3.8, 4) is 0 Å². The van der Waals surface area contributed by atoms with E-state index in [1.165, 1.54) is 0 Å². The average molecular weight is 445 g/mol. The topological polar surface area (TPSA) is 82.2 Å². The van der Waals surface area contributed by atoms with Gasteiger partial charge in [0.2, 0.25) is 0 Å². The molecule has 0 saturated carbocycles. The first-order valence-electron chi connectivity index (χ1n) is 10.3. The molecule has 2 aromatic heterocycles. The largest absolute Gasteiger partial charge is 1.00 e. The Morgan fingerprint density at radius 1 is 1.23 bits per heavy atom. The zero-order valence-electron chi connectivity index (χ0n) is 18.2. The van der Waals surface area contributed by atoms with Crippen LogP contribution in [0.1, 0.15) is 6.92 Å². The zero-order valence-corrected chi connectivity index (χ0v) is 18.9. The van der Waals surface area contributed by atoms with E-state index in [2.05, 4.69) is 24.3 Å². The number of aliphatic hydroxyl groups is 1. The third-order valence-electron chi connectivity index (χ3n) is 5.70. The van der Waals surface area contributed by atoms with E-state index in [4.69, 9.17) is 10.1 Å². The molecule has 1 aliphatic heterocycles. The molecule has 31 heavy (non-hydrogen) atoms. The van der Waals surface area contributed by atoms with Gasteiger partial charge in [-0.3, -0.25) is 4.79 Å². The molecule has 166 valence electrons. The second kappa shape index (κ2) is 9.21. The fourth-order valence-corrected chi connectivity index (χ4v) is 3.73. The minimum absolute atomic E-state index is 0. The van der Waals surface area contributed by atoms with Gasteiger partial charge in [0.05, 0.1) is 63.8 Å². The van der Waals surface area contributed by atoms with Crippen LogP contribution in [0.3, 0.4) is 0 Å². The highest BCUT2D eigenvalue weighted by atomic mass is 35.5. The molecule has 0 radical (unpaired) electrons. The minimum atomic E-state index is -0.0505. The number of allylic oxidation sites excluding steroid dienone is 3. The summed E-state index contributed by atoms with van der Waals surface area (Å²) in [5.74, 6) is 0.809. The van der Waals surface area contributed by atoms with Gasteiger partial charge in [0.1, 0.15) is 5.69 Å². The van der Waals surface area contributed by atoms with Crippen molar-refractivity contribution in [1.82, 2.24) is 14.9 Å². The lowest BCUT2D eigenvalue weighted by molar-refractivity contribution is -0.890. The lowest BCUT2D eigenvalue weighted by atomic mass is 10.0. The number of ketones is 1. The summed E-state index contributed by atoms with van der Waals surface area (Å²) in [7, 11) is 4.50. The van der Waals surface area contributed by atoms with Crippen LogP contribution < -0.4 is 22.6 Å². The summed E-state index contributed by atoms with van der Waals surface area (Å²) in [5, 5.41) is 17.2. The molecule has 0 aromatic carbocycles. The number of nitrogens with one attached hydrogen (secondary N) is 1. The number of pyridine rings is 1. The second-order valence-corrected chi connectivity index (χ2v) is 8.47. The van der Waals surface area contributed by atoms with Crippen LogP contribution in [-0.2, 0) is 4.79 Å². The molecule has 8 nitrogen and oxygen atoms in total. The average Bonchev–Trinajstić information content (AvgIpc) is 3.08. The van der Waals surface area contributed by atoms with Crippen molar-refractivity contribution in [2.75, 3.05) is 58.3 Å². The summed E-state index contributed by atoms with van der Waals surface area (Å²) in [6.07, 6.45) is 5.28. The van der Waals surface area contributed by atoms with Crippen LogP contribution in [0.4, 0.5) is 11.5 Å². The zero-order chi connectivity index (χ0) is 21.3. The molecule has 0 bridgehead atoms. The molecule has 2 N–H and O–H groups in total. The number of aromatic nitrogens is 2. The van der Waals surface area contributed by atoms with Gasteiger partial charge in [0.15, 0.2) is 11.6 Å². The summed E-state index contributed by atoms with van der Waals surface area (Å²) in [6.45, 7) is 6.03. The summed E-state index contributed by atoms with van der Waals surface area (Å²) in [6, 6.07) is 5.94. The van der Waals surface area contributed by atoms with Gasteiger partial charge < -0.3 is 32.2 Å². The number of nitrogens with zero attached hydrogens (tertiary/aromatic N) is 5. The highest BCUT2D eigenvalue weighted by Crippen LogP contribution is 2.34. The molecule has 0 amide bonds. The van der Waals surface area contributed by atoms with E-state index in [1.807, 2.05) is 28.9 Å². The predicted molar refractivity (Wildman–Crippen MR) is 118 cm³/mol. The molecule has 1 fully saturated rings. The van der Waals surface area contributed by atoms with Crippen molar-refractivity contribution in [2.45, 2.75) is 6.92 Å². The number of aliphatic imine (C=N–C) groups is 1. The number of carbonyl (C=O) groups excluding carboxylic acids is 1. The molecule has 2 aliphatic rings. The number of carbonyl (C=O) groups is 1. The van der Waals surface area contributed by atoms with Gasteiger partial charge in [-0.1, -0.05) is 6.07 Å². The Kier molecular flexibility index (Phi) is 6.83. The minimum Gasteiger partial charge on any atom is -1.00 e. The Balaban J connectivity index is 0.00000272.